The quantitative estimate of drug-likeness (QED) is 0.924. The van der Waals surface area contributed by atoms with Crippen LogP contribution in [-0.4, -0.2) is 36.3 Å². The Balaban J connectivity index is 1.79. The van der Waals surface area contributed by atoms with Crippen LogP contribution in [0.4, 0.5) is 0 Å². The summed E-state index contributed by atoms with van der Waals surface area (Å²) in [5.41, 5.74) is 0.644. The highest BCUT2D eigenvalue weighted by Crippen LogP contribution is 2.19. The van der Waals surface area contributed by atoms with Crippen molar-refractivity contribution in [2.45, 2.75) is 19.3 Å². The van der Waals surface area contributed by atoms with Crippen molar-refractivity contribution >= 4 is 23.4 Å². The van der Waals surface area contributed by atoms with Gasteiger partial charge < -0.3 is 10.2 Å². The van der Waals surface area contributed by atoms with Crippen LogP contribution in [0.5, 0.6) is 0 Å². The Labute approximate surface area is 134 Å². The molecule has 0 aromatic heterocycles. The lowest BCUT2D eigenvalue weighted by Gasteiger charge is -2.32. The monoisotopic (exact) mass is 319 g/mol. The third-order valence-corrected chi connectivity index (χ3v) is 4.07. The minimum absolute atomic E-state index is 0.0173. The Kier molecular flexibility index (Phi) is 5.79. The zero-order chi connectivity index (χ0) is 15.9. The van der Waals surface area contributed by atoms with Crippen molar-refractivity contribution in [3.8, 4) is 6.07 Å². The van der Waals surface area contributed by atoms with Crippen LogP contribution in [0.25, 0.3) is 0 Å². The highest BCUT2D eigenvalue weighted by atomic mass is 35.5. The standard InChI is InChI=1S/C16H18ClN3O2/c17-14-3-1-13(2-4-14)16(22)20-9-6-12(7-10-20)11-19-15(21)5-8-18/h1-4,12H,5-7,9-11H2,(H,19,21). The van der Waals surface area contributed by atoms with Crippen molar-refractivity contribution in [2.75, 3.05) is 19.6 Å². The highest BCUT2D eigenvalue weighted by molar-refractivity contribution is 6.30. The molecule has 2 amide bonds. The fourth-order valence-corrected chi connectivity index (χ4v) is 2.63. The first kappa shape index (κ1) is 16.3. The van der Waals surface area contributed by atoms with Crippen LogP contribution in [-0.2, 0) is 4.79 Å². The van der Waals surface area contributed by atoms with E-state index in [4.69, 9.17) is 16.9 Å². The summed E-state index contributed by atoms with van der Waals surface area (Å²) in [6.07, 6.45) is 1.60. The van der Waals surface area contributed by atoms with Gasteiger partial charge in [-0.05, 0) is 43.0 Å². The van der Waals surface area contributed by atoms with E-state index in [-0.39, 0.29) is 18.2 Å². The van der Waals surface area contributed by atoms with Gasteiger partial charge in [0.05, 0.1) is 6.07 Å². The molecule has 0 aliphatic carbocycles. The first-order chi connectivity index (χ1) is 10.6. The Morgan fingerprint density at radius 1 is 1.27 bits per heavy atom. The van der Waals surface area contributed by atoms with E-state index in [1.54, 1.807) is 24.3 Å². The molecule has 1 aliphatic heterocycles. The molecule has 0 atom stereocenters. The average Bonchev–Trinajstić information content (AvgIpc) is 2.54. The van der Waals surface area contributed by atoms with Crippen LogP contribution in [0.1, 0.15) is 29.6 Å². The summed E-state index contributed by atoms with van der Waals surface area (Å²) in [5, 5.41) is 11.8. The number of rotatable bonds is 4. The maximum Gasteiger partial charge on any atom is 0.253 e. The van der Waals surface area contributed by atoms with Crippen molar-refractivity contribution in [1.82, 2.24) is 10.2 Å². The molecule has 116 valence electrons. The molecule has 1 heterocycles. The van der Waals surface area contributed by atoms with E-state index in [1.807, 2.05) is 11.0 Å². The number of carbonyl (C=O) groups is 2. The van der Waals surface area contributed by atoms with E-state index in [1.165, 1.54) is 0 Å². The van der Waals surface area contributed by atoms with Gasteiger partial charge in [0.1, 0.15) is 6.42 Å². The third kappa shape index (κ3) is 4.47. The Hall–Kier alpha value is -2.06. The molecule has 1 saturated heterocycles. The Morgan fingerprint density at radius 2 is 1.91 bits per heavy atom. The van der Waals surface area contributed by atoms with Gasteiger partial charge >= 0.3 is 0 Å². The van der Waals surface area contributed by atoms with Crippen LogP contribution in [0.3, 0.4) is 0 Å². The number of amides is 2. The number of halogens is 1. The van der Waals surface area contributed by atoms with Gasteiger partial charge in [0.25, 0.3) is 5.91 Å². The molecule has 0 radical (unpaired) electrons. The molecule has 1 fully saturated rings. The zero-order valence-electron chi connectivity index (χ0n) is 12.2. The molecular formula is C16H18ClN3O2. The van der Waals surface area contributed by atoms with Crippen molar-refractivity contribution in [2.24, 2.45) is 5.92 Å². The molecule has 1 aromatic rings. The van der Waals surface area contributed by atoms with Gasteiger partial charge in [-0.25, -0.2) is 0 Å². The van der Waals surface area contributed by atoms with Crippen molar-refractivity contribution in [3.63, 3.8) is 0 Å². The van der Waals surface area contributed by atoms with E-state index in [0.717, 1.165) is 12.8 Å². The van der Waals surface area contributed by atoms with Crippen molar-refractivity contribution in [1.29, 1.82) is 5.26 Å². The van der Waals surface area contributed by atoms with Gasteiger partial charge in [-0.3, -0.25) is 9.59 Å². The molecule has 1 aliphatic rings. The lowest BCUT2D eigenvalue weighted by molar-refractivity contribution is -0.120. The predicted octanol–water partition coefficient (Wildman–Crippen LogP) is 2.22. The minimum Gasteiger partial charge on any atom is -0.355 e. The molecule has 0 bridgehead atoms. The van der Waals surface area contributed by atoms with Crippen LogP contribution >= 0.6 is 11.6 Å². The largest absolute Gasteiger partial charge is 0.355 e. The minimum atomic E-state index is -0.234. The molecule has 6 heteroatoms. The summed E-state index contributed by atoms with van der Waals surface area (Å²) >= 11 is 5.82. The average molecular weight is 320 g/mol. The van der Waals surface area contributed by atoms with Crippen LogP contribution in [0.2, 0.25) is 5.02 Å². The number of carbonyl (C=O) groups excluding carboxylic acids is 2. The molecule has 2 rings (SSSR count). The van der Waals surface area contributed by atoms with Gasteiger partial charge in [0, 0.05) is 30.2 Å². The highest BCUT2D eigenvalue weighted by Gasteiger charge is 2.23. The lowest BCUT2D eigenvalue weighted by Crippen LogP contribution is -2.41. The molecule has 22 heavy (non-hydrogen) atoms. The molecule has 1 aromatic carbocycles. The smallest absolute Gasteiger partial charge is 0.253 e. The van der Waals surface area contributed by atoms with Crippen LogP contribution < -0.4 is 5.32 Å². The summed E-state index contributed by atoms with van der Waals surface area (Å²) in [5.74, 6) is 0.141. The number of nitrogens with zero attached hydrogens (tertiary/aromatic N) is 2. The fraction of sp³-hybridized carbons (Fsp3) is 0.438. The topological polar surface area (TPSA) is 73.2 Å². The molecule has 0 spiro atoms. The predicted molar refractivity (Wildman–Crippen MR) is 83.3 cm³/mol. The molecule has 0 unspecified atom stereocenters. The molecule has 1 N–H and O–H groups in total. The summed E-state index contributed by atoms with van der Waals surface area (Å²) in [7, 11) is 0. The molecule has 5 nitrogen and oxygen atoms in total. The number of hydrogen-bond acceptors (Lipinski definition) is 3. The zero-order valence-corrected chi connectivity index (χ0v) is 13.0. The normalized spacial score (nSPS) is 15.2. The van der Waals surface area contributed by atoms with E-state index in [2.05, 4.69) is 5.32 Å². The number of nitrogens with one attached hydrogen (secondary N) is 1. The van der Waals surface area contributed by atoms with E-state index < -0.39 is 0 Å². The van der Waals surface area contributed by atoms with E-state index >= 15 is 0 Å². The van der Waals surface area contributed by atoms with Gasteiger partial charge in [-0.15, -0.1) is 0 Å². The second-order valence-corrected chi connectivity index (χ2v) is 5.82. The summed E-state index contributed by atoms with van der Waals surface area (Å²) < 4.78 is 0. The number of likely N-dealkylation sites (tertiary alicyclic amines) is 1. The van der Waals surface area contributed by atoms with Gasteiger partial charge in [0.2, 0.25) is 5.91 Å². The van der Waals surface area contributed by atoms with Crippen LogP contribution in [0, 0.1) is 17.2 Å². The van der Waals surface area contributed by atoms with Crippen molar-refractivity contribution in [3.05, 3.63) is 34.9 Å². The lowest BCUT2D eigenvalue weighted by atomic mass is 9.96. The number of hydrogen-bond donors (Lipinski definition) is 1. The SMILES string of the molecule is N#CCC(=O)NCC1CCN(C(=O)c2ccc(Cl)cc2)CC1. The second-order valence-electron chi connectivity index (χ2n) is 5.38. The van der Waals surface area contributed by atoms with Gasteiger partial charge in [-0.2, -0.15) is 5.26 Å². The first-order valence-corrected chi connectivity index (χ1v) is 7.66. The number of nitriles is 1. The first-order valence-electron chi connectivity index (χ1n) is 7.28. The molecular weight excluding hydrogens is 302 g/mol. The maximum absolute atomic E-state index is 12.3. The maximum atomic E-state index is 12.3. The van der Waals surface area contributed by atoms with Gasteiger partial charge in [0.15, 0.2) is 0 Å². The Morgan fingerprint density at radius 3 is 2.50 bits per heavy atom. The number of piperidine rings is 1. The molecule has 0 saturated carbocycles. The van der Waals surface area contributed by atoms with Crippen molar-refractivity contribution < 1.29 is 9.59 Å². The second kappa shape index (κ2) is 7.81. The fourth-order valence-electron chi connectivity index (χ4n) is 2.51. The van der Waals surface area contributed by atoms with Crippen LogP contribution in [0.15, 0.2) is 24.3 Å². The Bertz CT molecular complexity index is 572. The summed E-state index contributed by atoms with van der Waals surface area (Å²) in [6.45, 7) is 1.93. The van der Waals surface area contributed by atoms with E-state index in [9.17, 15) is 9.59 Å². The van der Waals surface area contributed by atoms with Gasteiger partial charge in [-0.1, -0.05) is 11.6 Å². The summed E-state index contributed by atoms with van der Waals surface area (Å²) in [4.78, 5) is 25.4. The van der Waals surface area contributed by atoms with E-state index in [0.29, 0.717) is 36.1 Å². The number of benzene rings is 1. The summed E-state index contributed by atoms with van der Waals surface area (Å²) in [6, 6.07) is 8.72. The third-order valence-electron chi connectivity index (χ3n) is 3.82.